The van der Waals surface area contributed by atoms with Crippen LogP contribution in [0, 0.1) is 5.92 Å². The fourth-order valence-corrected chi connectivity index (χ4v) is 3.27. The molecule has 0 aromatic heterocycles. The Hall–Kier alpha value is -0.610. The minimum atomic E-state index is -0.433. The van der Waals surface area contributed by atoms with Gasteiger partial charge in [-0.1, -0.05) is 0 Å². The Labute approximate surface area is 104 Å². The number of nitrogens with one attached hydrogen (secondary N) is 1. The van der Waals surface area contributed by atoms with Crippen LogP contribution in [0.2, 0.25) is 0 Å². The van der Waals surface area contributed by atoms with E-state index in [1.165, 1.54) is 0 Å². The molecule has 98 valence electrons. The van der Waals surface area contributed by atoms with Gasteiger partial charge in [-0.25, -0.2) is 0 Å². The van der Waals surface area contributed by atoms with Gasteiger partial charge in [0.2, 0.25) is 0 Å². The number of nitrogens with zero attached hydrogens (tertiary/aromatic N) is 1. The highest BCUT2D eigenvalue weighted by Crippen LogP contribution is 2.37. The van der Waals surface area contributed by atoms with Crippen LogP contribution in [0.3, 0.4) is 0 Å². The van der Waals surface area contributed by atoms with E-state index in [2.05, 4.69) is 24.1 Å². The second-order valence-corrected chi connectivity index (χ2v) is 5.53. The van der Waals surface area contributed by atoms with Crippen LogP contribution < -0.4 is 5.32 Å². The number of carbonyl (C=O) groups is 1. The van der Waals surface area contributed by atoms with Crippen LogP contribution in [-0.2, 0) is 9.53 Å². The van der Waals surface area contributed by atoms with Gasteiger partial charge in [0.1, 0.15) is 5.54 Å². The summed E-state index contributed by atoms with van der Waals surface area (Å²) in [6, 6.07) is 0.312. The van der Waals surface area contributed by atoms with Crippen LogP contribution in [0.4, 0.5) is 0 Å². The Morgan fingerprint density at radius 1 is 1.53 bits per heavy atom. The third-order valence-electron chi connectivity index (χ3n) is 3.98. The molecule has 4 heteroatoms. The van der Waals surface area contributed by atoms with E-state index in [1.54, 1.807) is 0 Å². The topological polar surface area (TPSA) is 41.6 Å². The first-order valence-electron chi connectivity index (χ1n) is 6.75. The summed E-state index contributed by atoms with van der Waals surface area (Å²) in [6.07, 6.45) is 1.99. The molecule has 17 heavy (non-hydrogen) atoms. The zero-order chi connectivity index (χ0) is 12.5. The standard InChI is InChI=1S/C13H24N2O2/c1-4-17-12(16)13(14-10(2)3)6-8-15-7-5-11(13)9-15/h10-11,14H,4-9H2,1-3H3. The highest BCUT2D eigenvalue weighted by atomic mass is 16.5. The maximum atomic E-state index is 12.3. The van der Waals surface area contributed by atoms with E-state index in [1.807, 2.05) is 6.92 Å². The monoisotopic (exact) mass is 240 g/mol. The summed E-state index contributed by atoms with van der Waals surface area (Å²) >= 11 is 0. The van der Waals surface area contributed by atoms with Crippen molar-refractivity contribution in [3.8, 4) is 0 Å². The molecular formula is C13H24N2O2. The Balaban J connectivity index is 2.19. The normalized spacial score (nSPS) is 36.2. The molecule has 0 radical (unpaired) electrons. The van der Waals surface area contributed by atoms with Gasteiger partial charge in [-0.3, -0.25) is 10.1 Å². The molecule has 0 aromatic carbocycles. The van der Waals surface area contributed by atoms with Crippen molar-refractivity contribution in [1.29, 1.82) is 0 Å². The molecule has 0 saturated carbocycles. The summed E-state index contributed by atoms with van der Waals surface area (Å²) in [6.45, 7) is 9.73. The molecule has 0 spiro atoms. The summed E-state index contributed by atoms with van der Waals surface area (Å²) in [5.41, 5.74) is -0.433. The van der Waals surface area contributed by atoms with Crippen molar-refractivity contribution in [3.63, 3.8) is 0 Å². The highest BCUT2D eigenvalue weighted by molar-refractivity contribution is 5.81. The highest BCUT2D eigenvalue weighted by Gasteiger charge is 2.52. The summed E-state index contributed by atoms with van der Waals surface area (Å²) in [5.74, 6) is 0.373. The molecule has 3 atom stereocenters. The van der Waals surface area contributed by atoms with Crippen molar-refractivity contribution in [1.82, 2.24) is 10.2 Å². The van der Waals surface area contributed by atoms with Gasteiger partial charge < -0.3 is 9.64 Å². The molecule has 4 nitrogen and oxygen atoms in total. The van der Waals surface area contributed by atoms with Crippen LogP contribution in [0.5, 0.6) is 0 Å². The van der Waals surface area contributed by atoms with Crippen molar-refractivity contribution in [2.75, 3.05) is 26.2 Å². The minimum Gasteiger partial charge on any atom is -0.465 e. The van der Waals surface area contributed by atoms with Crippen molar-refractivity contribution in [3.05, 3.63) is 0 Å². The SMILES string of the molecule is CCOC(=O)C1(NC(C)C)CCN2CCC1C2. The van der Waals surface area contributed by atoms with Crippen LogP contribution in [0.1, 0.15) is 33.6 Å². The Morgan fingerprint density at radius 2 is 2.29 bits per heavy atom. The number of carbonyl (C=O) groups excluding carboxylic acids is 1. The van der Waals surface area contributed by atoms with Gasteiger partial charge in [-0.05, 0) is 40.2 Å². The van der Waals surface area contributed by atoms with Gasteiger partial charge >= 0.3 is 5.97 Å². The van der Waals surface area contributed by atoms with Gasteiger partial charge in [0, 0.05) is 25.0 Å². The molecule has 2 saturated heterocycles. The number of fused-ring (bicyclic) bond motifs is 2. The van der Waals surface area contributed by atoms with Crippen LogP contribution in [0.25, 0.3) is 0 Å². The number of ether oxygens (including phenoxy) is 1. The molecule has 2 fully saturated rings. The lowest BCUT2D eigenvalue weighted by atomic mass is 9.78. The van der Waals surface area contributed by atoms with Crippen molar-refractivity contribution >= 4 is 5.97 Å². The summed E-state index contributed by atoms with van der Waals surface area (Å²) in [5, 5.41) is 3.51. The third-order valence-corrected chi connectivity index (χ3v) is 3.98. The molecule has 0 aliphatic carbocycles. The fourth-order valence-electron chi connectivity index (χ4n) is 3.27. The average Bonchev–Trinajstić information content (AvgIpc) is 2.67. The maximum Gasteiger partial charge on any atom is 0.326 e. The predicted molar refractivity (Wildman–Crippen MR) is 66.8 cm³/mol. The number of hydrogen-bond acceptors (Lipinski definition) is 4. The number of rotatable bonds is 4. The molecule has 3 unspecified atom stereocenters. The van der Waals surface area contributed by atoms with E-state index >= 15 is 0 Å². The second kappa shape index (κ2) is 4.94. The molecule has 2 aliphatic heterocycles. The first-order chi connectivity index (χ1) is 8.08. The summed E-state index contributed by atoms with van der Waals surface area (Å²) < 4.78 is 5.32. The van der Waals surface area contributed by atoms with Crippen LogP contribution in [0.15, 0.2) is 0 Å². The van der Waals surface area contributed by atoms with E-state index in [4.69, 9.17) is 4.74 Å². The van der Waals surface area contributed by atoms with Crippen molar-refractivity contribution < 1.29 is 9.53 Å². The van der Waals surface area contributed by atoms with Gasteiger partial charge in [0.25, 0.3) is 0 Å². The lowest BCUT2D eigenvalue weighted by molar-refractivity contribution is -0.156. The summed E-state index contributed by atoms with van der Waals surface area (Å²) in [4.78, 5) is 14.8. The van der Waals surface area contributed by atoms with Crippen LogP contribution in [-0.4, -0.2) is 48.7 Å². The van der Waals surface area contributed by atoms with Crippen LogP contribution >= 0.6 is 0 Å². The molecule has 2 rings (SSSR count). The molecule has 1 N–H and O–H groups in total. The zero-order valence-corrected chi connectivity index (χ0v) is 11.2. The lowest BCUT2D eigenvalue weighted by Gasteiger charge is -2.42. The smallest absolute Gasteiger partial charge is 0.326 e. The zero-order valence-electron chi connectivity index (χ0n) is 11.2. The molecule has 2 heterocycles. The number of hydrogen-bond donors (Lipinski definition) is 1. The lowest BCUT2D eigenvalue weighted by Crippen LogP contribution is -2.63. The van der Waals surface area contributed by atoms with Gasteiger partial charge in [0.15, 0.2) is 0 Å². The van der Waals surface area contributed by atoms with E-state index in [9.17, 15) is 4.79 Å². The Kier molecular flexibility index (Phi) is 3.73. The van der Waals surface area contributed by atoms with E-state index < -0.39 is 5.54 Å². The Morgan fingerprint density at radius 3 is 2.94 bits per heavy atom. The Bertz CT molecular complexity index is 293. The molecule has 0 aromatic rings. The van der Waals surface area contributed by atoms with Gasteiger partial charge in [0.05, 0.1) is 6.61 Å². The summed E-state index contributed by atoms with van der Waals surface area (Å²) in [7, 11) is 0. The number of esters is 1. The maximum absolute atomic E-state index is 12.3. The predicted octanol–water partition coefficient (Wildman–Crippen LogP) is 1.01. The molecule has 2 bridgehead atoms. The second-order valence-electron chi connectivity index (χ2n) is 5.53. The third kappa shape index (κ3) is 2.33. The first-order valence-corrected chi connectivity index (χ1v) is 6.75. The van der Waals surface area contributed by atoms with E-state index in [-0.39, 0.29) is 5.97 Å². The van der Waals surface area contributed by atoms with Gasteiger partial charge in [-0.15, -0.1) is 0 Å². The first kappa shape index (κ1) is 12.8. The molecule has 2 aliphatic rings. The van der Waals surface area contributed by atoms with E-state index in [0.717, 1.165) is 32.5 Å². The largest absolute Gasteiger partial charge is 0.465 e. The van der Waals surface area contributed by atoms with E-state index in [0.29, 0.717) is 18.6 Å². The number of piperidine rings is 1. The molecular weight excluding hydrogens is 216 g/mol. The quantitative estimate of drug-likeness (QED) is 0.745. The minimum absolute atomic E-state index is 0.0414. The molecule has 0 amide bonds. The average molecular weight is 240 g/mol. The fraction of sp³-hybridized carbons (Fsp3) is 0.923. The van der Waals surface area contributed by atoms with Gasteiger partial charge in [-0.2, -0.15) is 0 Å². The van der Waals surface area contributed by atoms with Crippen molar-refractivity contribution in [2.45, 2.75) is 45.2 Å². The van der Waals surface area contributed by atoms with Crippen molar-refractivity contribution in [2.24, 2.45) is 5.92 Å².